The van der Waals surface area contributed by atoms with E-state index in [-0.39, 0.29) is 18.0 Å². The molecule has 3 aliphatic rings. The summed E-state index contributed by atoms with van der Waals surface area (Å²) in [6.45, 7) is 0.805. The minimum atomic E-state index is -0.0355. The summed E-state index contributed by atoms with van der Waals surface area (Å²) >= 11 is 0. The first kappa shape index (κ1) is 9.40. The summed E-state index contributed by atoms with van der Waals surface area (Å²) in [5.41, 5.74) is 0. The van der Waals surface area contributed by atoms with E-state index >= 15 is 0 Å². The molecule has 0 bridgehead atoms. The van der Waals surface area contributed by atoms with Gasteiger partial charge in [0.15, 0.2) is 0 Å². The van der Waals surface area contributed by atoms with Crippen LogP contribution in [0.5, 0.6) is 0 Å². The molecule has 3 heteroatoms. The van der Waals surface area contributed by atoms with Crippen LogP contribution in [0.25, 0.3) is 0 Å². The number of hydrogen-bond acceptors (Lipinski definition) is 3. The second kappa shape index (κ2) is 3.34. The Bertz CT molecular complexity index is 310. The Kier molecular flexibility index (Phi) is 2.09. The molecule has 3 rings (SSSR count). The van der Waals surface area contributed by atoms with Crippen LogP contribution in [0.3, 0.4) is 0 Å². The average Bonchev–Trinajstić information content (AvgIpc) is 2.86. The lowest BCUT2D eigenvalue weighted by atomic mass is 9.86. The molecule has 15 heavy (non-hydrogen) atoms. The quantitative estimate of drug-likeness (QED) is 0.482. The molecule has 0 aromatic rings. The Morgan fingerprint density at radius 2 is 2.33 bits per heavy atom. The largest absolute Gasteiger partial charge is 0.469 e. The van der Waals surface area contributed by atoms with Crippen LogP contribution in [0, 0.1) is 23.7 Å². The van der Waals surface area contributed by atoms with Crippen molar-refractivity contribution in [2.45, 2.75) is 18.9 Å². The number of ether oxygens (including phenoxy) is 2. The molecule has 0 amide bonds. The number of methoxy groups -OCH3 is 1. The maximum Gasteiger partial charge on any atom is 0.309 e. The zero-order chi connectivity index (χ0) is 10.4. The van der Waals surface area contributed by atoms with Crippen molar-refractivity contribution in [3.63, 3.8) is 0 Å². The van der Waals surface area contributed by atoms with Crippen LogP contribution < -0.4 is 0 Å². The van der Waals surface area contributed by atoms with Gasteiger partial charge < -0.3 is 9.47 Å². The smallest absolute Gasteiger partial charge is 0.309 e. The van der Waals surface area contributed by atoms with Gasteiger partial charge in [0.25, 0.3) is 0 Å². The van der Waals surface area contributed by atoms with Gasteiger partial charge in [-0.15, -0.1) is 0 Å². The van der Waals surface area contributed by atoms with Crippen molar-refractivity contribution >= 4 is 5.97 Å². The van der Waals surface area contributed by atoms with Crippen molar-refractivity contribution < 1.29 is 14.3 Å². The molecular weight excluding hydrogens is 192 g/mol. The van der Waals surface area contributed by atoms with Crippen molar-refractivity contribution in [2.75, 3.05) is 13.7 Å². The normalized spacial score (nSPS) is 46.6. The van der Waals surface area contributed by atoms with Gasteiger partial charge in [0.1, 0.15) is 0 Å². The van der Waals surface area contributed by atoms with Gasteiger partial charge in [0, 0.05) is 18.4 Å². The van der Waals surface area contributed by atoms with Gasteiger partial charge in [-0.05, 0) is 18.8 Å². The molecule has 1 saturated heterocycles. The zero-order valence-electron chi connectivity index (χ0n) is 8.89. The highest BCUT2D eigenvalue weighted by molar-refractivity contribution is 5.74. The van der Waals surface area contributed by atoms with Gasteiger partial charge in [-0.2, -0.15) is 0 Å². The second-order valence-corrected chi connectivity index (χ2v) is 4.74. The van der Waals surface area contributed by atoms with Gasteiger partial charge in [-0.1, -0.05) is 12.2 Å². The van der Waals surface area contributed by atoms with Crippen LogP contribution in [0.4, 0.5) is 0 Å². The number of allylic oxidation sites excluding steroid dienone is 1. The number of carbonyl (C=O) groups excluding carboxylic acids is 1. The van der Waals surface area contributed by atoms with Crippen LogP contribution in [-0.4, -0.2) is 25.8 Å². The van der Waals surface area contributed by atoms with Gasteiger partial charge in [-0.3, -0.25) is 4.79 Å². The number of rotatable bonds is 1. The van der Waals surface area contributed by atoms with Crippen LogP contribution in [0.1, 0.15) is 12.8 Å². The van der Waals surface area contributed by atoms with E-state index in [4.69, 9.17) is 9.47 Å². The first-order valence-electron chi connectivity index (χ1n) is 5.69. The predicted molar refractivity (Wildman–Crippen MR) is 54.1 cm³/mol. The average molecular weight is 208 g/mol. The molecule has 82 valence electrons. The minimum Gasteiger partial charge on any atom is -0.469 e. The van der Waals surface area contributed by atoms with Crippen LogP contribution in [-0.2, 0) is 14.3 Å². The lowest BCUT2D eigenvalue weighted by Crippen LogP contribution is -2.26. The number of hydrogen-bond donors (Lipinski definition) is 0. The van der Waals surface area contributed by atoms with E-state index in [0.29, 0.717) is 17.8 Å². The molecule has 1 aliphatic heterocycles. The second-order valence-electron chi connectivity index (χ2n) is 4.74. The van der Waals surface area contributed by atoms with Crippen LogP contribution in [0.2, 0.25) is 0 Å². The molecule has 0 spiro atoms. The fraction of sp³-hybridized carbons (Fsp3) is 0.750. The molecular formula is C12H16O3. The van der Waals surface area contributed by atoms with E-state index in [9.17, 15) is 4.79 Å². The maximum atomic E-state index is 11.8. The Morgan fingerprint density at radius 3 is 3.13 bits per heavy atom. The Morgan fingerprint density at radius 1 is 1.47 bits per heavy atom. The van der Waals surface area contributed by atoms with Gasteiger partial charge in [0.05, 0.1) is 19.1 Å². The van der Waals surface area contributed by atoms with Crippen molar-refractivity contribution in [1.29, 1.82) is 0 Å². The van der Waals surface area contributed by atoms with Crippen LogP contribution >= 0.6 is 0 Å². The van der Waals surface area contributed by atoms with E-state index in [0.717, 1.165) is 19.4 Å². The highest BCUT2D eigenvalue weighted by Gasteiger charge is 2.56. The molecule has 0 aromatic heterocycles. The first-order chi connectivity index (χ1) is 7.33. The minimum absolute atomic E-state index is 0.0355. The Hall–Kier alpha value is -0.830. The number of carbonyl (C=O) groups is 1. The van der Waals surface area contributed by atoms with E-state index in [1.807, 2.05) is 0 Å². The van der Waals surface area contributed by atoms with Gasteiger partial charge in [-0.25, -0.2) is 0 Å². The lowest BCUT2D eigenvalue weighted by Gasteiger charge is -2.19. The standard InChI is InChI=1S/C12H16O3/c1-14-12(13)10-7-3-2-4-8(7)11-9(10)5-6-15-11/h2,4,7-11H,3,5-6H2,1H3/t7-,8+,9+,10-,11-/m1/s1. The number of esters is 1. The summed E-state index contributed by atoms with van der Waals surface area (Å²) in [7, 11) is 1.49. The molecule has 0 radical (unpaired) electrons. The van der Waals surface area contributed by atoms with Gasteiger partial charge >= 0.3 is 5.97 Å². The molecule has 1 saturated carbocycles. The predicted octanol–water partition coefficient (Wildman–Crippen LogP) is 1.39. The van der Waals surface area contributed by atoms with E-state index < -0.39 is 0 Å². The van der Waals surface area contributed by atoms with Crippen molar-refractivity contribution in [2.24, 2.45) is 23.7 Å². The lowest BCUT2D eigenvalue weighted by molar-refractivity contribution is -0.148. The third-order valence-electron chi connectivity index (χ3n) is 4.22. The monoisotopic (exact) mass is 208 g/mol. The zero-order valence-corrected chi connectivity index (χ0v) is 8.89. The Labute approximate surface area is 89.4 Å². The molecule has 5 atom stereocenters. The summed E-state index contributed by atoms with van der Waals surface area (Å²) in [6, 6.07) is 0. The van der Waals surface area contributed by atoms with Gasteiger partial charge in [0.2, 0.25) is 0 Å². The van der Waals surface area contributed by atoms with E-state index in [1.165, 1.54) is 7.11 Å². The molecule has 0 aromatic carbocycles. The number of fused-ring (bicyclic) bond motifs is 3. The summed E-state index contributed by atoms with van der Waals surface area (Å²) in [4.78, 5) is 11.8. The Balaban J connectivity index is 1.90. The highest BCUT2D eigenvalue weighted by Crippen LogP contribution is 2.52. The van der Waals surface area contributed by atoms with Crippen molar-refractivity contribution in [1.82, 2.24) is 0 Å². The highest BCUT2D eigenvalue weighted by atomic mass is 16.5. The van der Waals surface area contributed by atoms with E-state index in [1.54, 1.807) is 0 Å². The molecule has 3 nitrogen and oxygen atoms in total. The van der Waals surface area contributed by atoms with Crippen molar-refractivity contribution in [3.05, 3.63) is 12.2 Å². The summed E-state index contributed by atoms with van der Waals surface area (Å²) in [6.07, 6.45) is 6.73. The summed E-state index contributed by atoms with van der Waals surface area (Å²) in [5, 5.41) is 0. The molecule has 1 heterocycles. The molecule has 2 fully saturated rings. The fourth-order valence-electron chi connectivity index (χ4n) is 3.64. The first-order valence-corrected chi connectivity index (χ1v) is 5.69. The topological polar surface area (TPSA) is 35.5 Å². The fourth-order valence-corrected chi connectivity index (χ4v) is 3.64. The van der Waals surface area contributed by atoms with Crippen LogP contribution in [0.15, 0.2) is 12.2 Å². The third-order valence-corrected chi connectivity index (χ3v) is 4.22. The SMILES string of the molecule is COC(=O)[C@@H]1[C@@H]2CC=C[C@@H]2[C@H]2OCC[C@H]21. The van der Waals surface area contributed by atoms with E-state index in [2.05, 4.69) is 12.2 Å². The van der Waals surface area contributed by atoms with Crippen molar-refractivity contribution in [3.8, 4) is 0 Å². The molecule has 0 N–H and O–H groups in total. The summed E-state index contributed by atoms with van der Waals surface area (Å²) in [5.74, 6) is 1.33. The summed E-state index contributed by atoms with van der Waals surface area (Å²) < 4.78 is 10.7. The molecule has 2 aliphatic carbocycles. The third kappa shape index (κ3) is 1.19. The maximum absolute atomic E-state index is 11.8. The molecule has 0 unspecified atom stereocenters.